The van der Waals surface area contributed by atoms with E-state index in [0.717, 1.165) is 0 Å². The molecule has 0 saturated heterocycles. The summed E-state index contributed by atoms with van der Waals surface area (Å²) in [5.74, 6) is 0. The van der Waals surface area contributed by atoms with E-state index in [1.54, 1.807) is 0 Å². The van der Waals surface area contributed by atoms with Crippen molar-refractivity contribution in [3.05, 3.63) is 0 Å². The van der Waals surface area contributed by atoms with Gasteiger partial charge in [0.2, 0.25) is 0 Å². The van der Waals surface area contributed by atoms with Crippen molar-refractivity contribution in [1.82, 2.24) is 0 Å². The third-order valence-electron chi connectivity index (χ3n) is 0. The van der Waals surface area contributed by atoms with E-state index in [-0.39, 0.29) is 37.7 Å². The normalized spacial score (nSPS) is 1.83. The molecule has 0 rings (SSSR count). The molecule has 0 aliphatic rings. The Labute approximate surface area is 82.1 Å². The quantitative estimate of drug-likeness (QED) is 0.394. The Kier molecular flexibility index (Phi) is 74.5. The van der Waals surface area contributed by atoms with E-state index < -0.39 is 19.1 Å². The van der Waals surface area contributed by atoms with Crippen molar-refractivity contribution in [1.29, 1.82) is 0 Å². The molecule has 6 heteroatoms. The van der Waals surface area contributed by atoms with Crippen LogP contribution in [0.3, 0.4) is 0 Å². The van der Waals surface area contributed by atoms with E-state index in [2.05, 4.69) is 0 Å². The Morgan fingerprint density at radius 2 is 1.17 bits per heavy atom. The van der Waals surface area contributed by atoms with Crippen molar-refractivity contribution in [2.24, 2.45) is 0 Å². The minimum atomic E-state index is -2.00. The summed E-state index contributed by atoms with van der Waals surface area (Å²) in [7, 11) is 0. The van der Waals surface area contributed by atoms with Gasteiger partial charge in [-0.2, -0.15) is 0 Å². The summed E-state index contributed by atoms with van der Waals surface area (Å²) in [6.07, 6.45) is 0. The van der Waals surface area contributed by atoms with Gasteiger partial charge in [-0.25, -0.2) is 0 Å². The second-order valence-corrected chi connectivity index (χ2v) is 0.344. The van der Waals surface area contributed by atoms with Crippen molar-refractivity contribution in [2.45, 2.75) is 0 Å². The summed E-state index contributed by atoms with van der Waals surface area (Å²) in [5, 5.41) is 0. The zero-order valence-corrected chi connectivity index (χ0v) is 5.41. The average molecular weight is 166 g/mol. The fraction of sp³-hybridized carbons (Fsp3) is 0. The first-order valence-corrected chi connectivity index (χ1v) is 2.55. The Morgan fingerprint density at radius 3 is 1.17 bits per heavy atom. The van der Waals surface area contributed by atoms with Crippen LogP contribution in [-0.2, 0) is 29.5 Å². The van der Waals surface area contributed by atoms with Crippen LogP contribution in [0, 0.1) is 0 Å². The van der Waals surface area contributed by atoms with Crippen LogP contribution in [0.2, 0.25) is 0 Å². The standard InChI is InChI=1S/Al.Ca.3O.Ti.3H. The molecule has 0 aliphatic carbocycles. The van der Waals surface area contributed by atoms with Gasteiger partial charge in [0.15, 0.2) is 0 Å². The summed E-state index contributed by atoms with van der Waals surface area (Å²) in [4.78, 5) is 0. The summed E-state index contributed by atoms with van der Waals surface area (Å²) >= 11 is -1.39. The van der Waals surface area contributed by atoms with Gasteiger partial charge in [0.25, 0.3) is 0 Å². The van der Waals surface area contributed by atoms with Crippen molar-refractivity contribution in [3.63, 3.8) is 0 Å². The molecule has 3 nitrogen and oxygen atoms in total. The van der Waals surface area contributed by atoms with Crippen LogP contribution in [0.4, 0.5) is 0 Å². The molecular formula is H3AlCaO3Ti. The molecule has 0 spiro atoms. The maximum absolute atomic E-state index is 8.50. The third-order valence-corrected chi connectivity index (χ3v) is 0. The second-order valence-electron chi connectivity index (χ2n) is 0.0833. The van der Waals surface area contributed by atoms with Gasteiger partial charge in [-0.1, -0.05) is 0 Å². The van der Waals surface area contributed by atoms with Gasteiger partial charge in [0.1, 0.15) is 0 Å². The first-order valence-electron chi connectivity index (χ1n) is 0.697. The summed E-state index contributed by atoms with van der Waals surface area (Å²) in [6, 6.07) is 0. The molecule has 0 bridgehead atoms. The molecule has 0 unspecified atom stereocenters. The summed E-state index contributed by atoms with van der Waals surface area (Å²) < 4.78 is 25.3. The van der Waals surface area contributed by atoms with Crippen molar-refractivity contribution in [2.75, 3.05) is 0 Å². The fourth-order valence-corrected chi connectivity index (χ4v) is 0. The Bertz CT molecular complexity index is 40.1. The molecular weight excluding hydrogens is 163 g/mol. The monoisotopic (exact) mass is 166 g/mol. The van der Waals surface area contributed by atoms with E-state index in [1.807, 2.05) is 0 Å². The molecule has 0 aromatic rings. The van der Waals surface area contributed by atoms with E-state index in [0.29, 0.717) is 16.2 Å². The van der Waals surface area contributed by atoms with Gasteiger partial charge < -0.3 is 0 Å². The zero-order valence-electron chi connectivity index (χ0n) is 2.43. The topological polar surface area (TPSA) is 51.2 Å². The summed E-state index contributed by atoms with van der Waals surface area (Å²) in [5.41, 5.74) is 0. The number of rotatable bonds is 0. The SMILES string of the molecule is [CaH2].[O]=[AlH].[O]=[Ti]=[O]. The van der Waals surface area contributed by atoms with Crippen LogP contribution < -0.4 is 0 Å². The molecule has 0 aromatic heterocycles. The Morgan fingerprint density at radius 1 is 1.17 bits per heavy atom. The molecule has 0 N–H and O–H groups in total. The van der Waals surface area contributed by atoms with E-state index >= 15 is 0 Å². The first-order chi connectivity index (χ1) is 2.41. The third kappa shape index (κ3) is 39.1. The number of hydrogen-bond acceptors (Lipinski definition) is 3. The molecule has 0 fully saturated rings. The van der Waals surface area contributed by atoms with Crippen LogP contribution in [0.5, 0.6) is 0 Å². The van der Waals surface area contributed by atoms with E-state index in [4.69, 9.17) is 10.5 Å². The van der Waals surface area contributed by atoms with Crippen LogP contribution in [0.25, 0.3) is 0 Å². The molecule has 30 valence electrons. The van der Waals surface area contributed by atoms with Crippen molar-refractivity contribution >= 4 is 54.0 Å². The fourth-order valence-electron chi connectivity index (χ4n) is 0. The molecule has 0 aromatic carbocycles. The summed E-state index contributed by atoms with van der Waals surface area (Å²) in [6.45, 7) is 0. The van der Waals surface area contributed by atoms with Gasteiger partial charge in [-0.3, -0.25) is 0 Å². The predicted molar refractivity (Wildman–Crippen MR) is 17.8 cm³/mol. The van der Waals surface area contributed by atoms with Crippen LogP contribution in [0.15, 0.2) is 0 Å². The maximum atomic E-state index is 8.50. The van der Waals surface area contributed by atoms with Gasteiger partial charge in [-0.15, -0.1) is 0 Å². The molecule has 0 atom stereocenters. The molecule has 0 aliphatic heterocycles. The van der Waals surface area contributed by atoms with Crippen molar-refractivity contribution < 1.29 is 29.5 Å². The average Bonchev–Trinajstić information content (AvgIpc) is 1.46. The molecule has 0 saturated carbocycles. The van der Waals surface area contributed by atoms with Crippen molar-refractivity contribution in [3.8, 4) is 0 Å². The Balaban J connectivity index is -0.0000000275. The minimum absolute atomic E-state index is 0. The zero-order chi connectivity index (χ0) is 4.71. The van der Waals surface area contributed by atoms with Gasteiger partial charge in [0, 0.05) is 0 Å². The van der Waals surface area contributed by atoms with Crippen LogP contribution >= 0.6 is 0 Å². The molecule has 0 radical (unpaired) electrons. The van der Waals surface area contributed by atoms with E-state index in [9.17, 15) is 0 Å². The van der Waals surface area contributed by atoms with Crippen LogP contribution in [-0.4, -0.2) is 54.0 Å². The van der Waals surface area contributed by atoms with E-state index in [1.165, 1.54) is 0 Å². The second kappa shape index (κ2) is 28.5. The molecule has 0 amide bonds. The first kappa shape index (κ1) is 15.7. The Hall–Kier alpha value is 1.91. The number of hydrogen-bond donors (Lipinski definition) is 0. The van der Waals surface area contributed by atoms with Crippen LogP contribution in [0.1, 0.15) is 0 Å². The molecule has 0 heterocycles. The van der Waals surface area contributed by atoms with Gasteiger partial charge in [-0.05, 0) is 0 Å². The predicted octanol–water partition coefficient (Wildman–Crippen LogP) is -1.92. The molecule has 6 heavy (non-hydrogen) atoms. The van der Waals surface area contributed by atoms with Gasteiger partial charge in [0.05, 0.1) is 0 Å². The van der Waals surface area contributed by atoms with Gasteiger partial charge >= 0.3 is 83.5 Å².